The van der Waals surface area contributed by atoms with Gasteiger partial charge in [-0.05, 0) is 80.6 Å². The van der Waals surface area contributed by atoms with Crippen LogP contribution in [0.4, 0.5) is 4.39 Å². The molecule has 0 radical (unpaired) electrons. The van der Waals surface area contributed by atoms with E-state index in [9.17, 15) is 9.18 Å². The van der Waals surface area contributed by atoms with Gasteiger partial charge in [-0.25, -0.2) is 9.37 Å². The summed E-state index contributed by atoms with van der Waals surface area (Å²) in [5, 5.41) is 2.91. The molecule has 0 spiro atoms. The third kappa shape index (κ3) is 6.94. The van der Waals surface area contributed by atoms with E-state index in [0.29, 0.717) is 18.7 Å². The van der Waals surface area contributed by atoms with E-state index in [1.165, 1.54) is 29.8 Å². The third-order valence-electron chi connectivity index (χ3n) is 6.33. The number of benzene rings is 3. The fraction of sp³-hybridized carbons (Fsp3) is 0.333. The van der Waals surface area contributed by atoms with Crippen LogP contribution in [0.3, 0.4) is 0 Å². The lowest BCUT2D eigenvalue weighted by Gasteiger charge is -2.11. The van der Waals surface area contributed by atoms with Gasteiger partial charge in [-0.2, -0.15) is 0 Å². The highest BCUT2D eigenvalue weighted by atomic mass is 19.1. The molecule has 1 heterocycles. The number of aryl methyl sites for hydroxylation is 3. The molecule has 3 aromatic carbocycles. The van der Waals surface area contributed by atoms with Crippen LogP contribution in [0.2, 0.25) is 0 Å². The van der Waals surface area contributed by atoms with Gasteiger partial charge < -0.3 is 14.6 Å². The molecule has 1 N–H and O–H groups in total. The van der Waals surface area contributed by atoms with Crippen molar-refractivity contribution in [1.82, 2.24) is 14.9 Å². The number of halogens is 1. The third-order valence-corrected chi connectivity index (χ3v) is 6.33. The first-order valence-corrected chi connectivity index (χ1v) is 12.8. The van der Waals surface area contributed by atoms with Crippen LogP contribution >= 0.6 is 0 Å². The smallest absolute Gasteiger partial charge is 0.251 e. The predicted molar refractivity (Wildman–Crippen MR) is 142 cm³/mol. The molecule has 0 aliphatic carbocycles. The number of carbonyl (C=O) groups excluding carboxylic acids is 1. The Bertz CT molecular complexity index is 1270. The summed E-state index contributed by atoms with van der Waals surface area (Å²) in [4.78, 5) is 17.0. The van der Waals surface area contributed by atoms with Crippen molar-refractivity contribution in [2.75, 3.05) is 13.2 Å². The number of imidazole rings is 1. The molecular weight excluding hydrogens is 453 g/mol. The predicted octanol–water partition coefficient (Wildman–Crippen LogP) is 6.49. The molecule has 36 heavy (non-hydrogen) atoms. The van der Waals surface area contributed by atoms with Gasteiger partial charge in [0, 0.05) is 25.1 Å². The van der Waals surface area contributed by atoms with E-state index in [1.54, 1.807) is 0 Å². The van der Waals surface area contributed by atoms with Crippen LogP contribution in [0.1, 0.15) is 53.8 Å². The summed E-state index contributed by atoms with van der Waals surface area (Å²) >= 11 is 0. The monoisotopic (exact) mass is 487 g/mol. The second-order valence-electron chi connectivity index (χ2n) is 9.06. The number of rotatable bonds is 13. The fourth-order valence-corrected chi connectivity index (χ4v) is 4.33. The van der Waals surface area contributed by atoms with Gasteiger partial charge in [0.15, 0.2) is 0 Å². The maximum atomic E-state index is 13.0. The van der Waals surface area contributed by atoms with Gasteiger partial charge in [-0.15, -0.1) is 0 Å². The highest BCUT2D eigenvalue weighted by Gasteiger charge is 2.10. The van der Waals surface area contributed by atoms with E-state index in [-0.39, 0.29) is 11.7 Å². The number of amides is 1. The Hall–Kier alpha value is -3.67. The Balaban J connectivity index is 1.22. The van der Waals surface area contributed by atoms with Crippen molar-refractivity contribution in [2.24, 2.45) is 0 Å². The topological polar surface area (TPSA) is 56.1 Å². The molecule has 0 bridgehead atoms. The van der Waals surface area contributed by atoms with Crippen LogP contribution in [-0.2, 0) is 13.0 Å². The van der Waals surface area contributed by atoms with Crippen molar-refractivity contribution in [3.05, 3.63) is 95.6 Å². The van der Waals surface area contributed by atoms with Crippen molar-refractivity contribution >= 4 is 16.9 Å². The van der Waals surface area contributed by atoms with Crippen molar-refractivity contribution < 1.29 is 13.9 Å². The van der Waals surface area contributed by atoms with Crippen LogP contribution in [0.25, 0.3) is 11.0 Å². The van der Waals surface area contributed by atoms with Crippen molar-refractivity contribution in [2.45, 2.75) is 52.0 Å². The number of nitrogens with zero attached hydrogens (tertiary/aromatic N) is 2. The Morgan fingerprint density at radius 3 is 2.53 bits per heavy atom. The summed E-state index contributed by atoms with van der Waals surface area (Å²) in [6, 6.07) is 22.0. The fourth-order valence-electron chi connectivity index (χ4n) is 4.33. The standard InChI is InChI=1S/C30H34FN3O2/c1-23-11-4-7-14-28(23)36-22-10-9-21-34-27-13-6-5-12-26(27)33-29(34)15-3-2-8-20-32-30(35)24-16-18-25(31)19-17-24/h4-7,11-14,16-19H,2-3,8-10,15,20-22H2,1H3,(H,32,35). The molecule has 0 aliphatic heterocycles. The Morgan fingerprint density at radius 2 is 1.69 bits per heavy atom. The van der Waals surface area contributed by atoms with Crippen molar-refractivity contribution in [1.29, 1.82) is 0 Å². The summed E-state index contributed by atoms with van der Waals surface area (Å²) in [7, 11) is 0. The number of unbranched alkanes of at least 4 members (excludes halogenated alkanes) is 3. The van der Waals surface area contributed by atoms with Gasteiger partial charge in [0.25, 0.3) is 5.91 Å². The average Bonchev–Trinajstić information content (AvgIpc) is 3.24. The molecule has 4 rings (SSSR count). The van der Waals surface area contributed by atoms with E-state index in [1.807, 2.05) is 24.3 Å². The maximum absolute atomic E-state index is 13.0. The second-order valence-corrected chi connectivity index (χ2v) is 9.06. The van der Waals surface area contributed by atoms with Gasteiger partial charge in [-0.1, -0.05) is 36.8 Å². The number of ether oxygens (including phenoxy) is 1. The number of fused-ring (bicyclic) bond motifs is 1. The number of aromatic nitrogens is 2. The van der Waals surface area contributed by atoms with Crippen LogP contribution in [-0.4, -0.2) is 28.6 Å². The summed E-state index contributed by atoms with van der Waals surface area (Å²) in [6.45, 7) is 4.30. The molecule has 1 aromatic heterocycles. The molecule has 0 saturated carbocycles. The molecule has 4 aromatic rings. The average molecular weight is 488 g/mol. The first-order chi connectivity index (χ1) is 17.6. The minimum atomic E-state index is -0.340. The van der Waals surface area contributed by atoms with Gasteiger partial charge in [0.2, 0.25) is 0 Å². The number of carbonyl (C=O) groups is 1. The van der Waals surface area contributed by atoms with E-state index in [0.717, 1.165) is 67.7 Å². The zero-order chi connectivity index (χ0) is 25.2. The van der Waals surface area contributed by atoms with Crippen molar-refractivity contribution in [3.8, 4) is 5.75 Å². The van der Waals surface area contributed by atoms with E-state index in [2.05, 4.69) is 41.1 Å². The van der Waals surface area contributed by atoms with Gasteiger partial charge in [0.05, 0.1) is 17.6 Å². The summed E-state index contributed by atoms with van der Waals surface area (Å²) in [6.07, 6.45) is 5.80. The van der Waals surface area contributed by atoms with Gasteiger partial charge >= 0.3 is 0 Å². The first-order valence-electron chi connectivity index (χ1n) is 12.8. The largest absolute Gasteiger partial charge is 0.493 e. The second kappa shape index (κ2) is 12.9. The highest BCUT2D eigenvalue weighted by molar-refractivity contribution is 5.94. The minimum absolute atomic E-state index is 0.164. The number of hydrogen-bond donors (Lipinski definition) is 1. The van der Waals surface area contributed by atoms with Crippen LogP contribution in [0.15, 0.2) is 72.8 Å². The van der Waals surface area contributed by atoms with E-state index >= 15 is 0 Å². The molecule has 0 unspecified atom stereocenters. The lowest BCUT2D eigenvalue weighted by atomic mass is 10.1. The van der Waals surface area contributed by atoms with Gasteiger partial charge in [-0.3, -0.25) is 4.79 Å². The van der Waals surface area contributed by atoms with Crippen LogP contribution in [0.5, 0.6) is 5.75 Å². The number of nitrogens with one attached hydrogen (secondary N) is 1. The molecule has 0 atom stereocenters. The molecular formula is C30H34FN3O2. The lowest BCUT2D eigenvalue weighted by Crippen LogP contribution is -2.24. The molecule has 5 nitrogen and oxygen atoms in total. The molecule has 188 valence electrons. The molecule has 1 amide bonds. The first kappa shape index (κ1) is 25.4. The minimum Gasteiger partial charge on any atom is -0.493 e. The summed E-state index contributed by atoms with van der Waals surface area (Å²) in [5.74, 6) is 1.57. The molecule has 0 fully saturated rings. The summed E-state index contributed by atoms with van der Waals surface area (Å²) < 4.78 is 21.3. The zero-order valence-electron chi connectivity index (χ0n) is 20.9. The van der Waals surface area contributed by atoms with E-state index < -0.39 is 0 Å². The lowest BCUT2D eigenvalue weighted by molar-refractivity contribution is 0.0953. The Kier molecular flexibility index (Phi) is 9.09. The Morgan fingerprint density at radius 1 is 0.917 bits per heavy atom. The maximum Gasteiger partial charge on any atom is 0.251 e. The van der Waals surface area contributed by atoms with Crippen LogP contribution < -0.4 is 10.1 Å². The zero-order valence-corrected chi connectivity index (χ0v) is 20.9. The van der Waals surface area contributed by atoms with Crippen LogP contribution in [0, 0.1) is 12.7 Å². The van der Waals surface area contributed by atoms with Crippen molar-refractivity contribution in [3.63, 3.8) is 0 Å². The molecule has 6 heteroatoms. The SMILES string of the molecule is Cc1ccccc1OCCCCn1c(CCCCCNC(=O)c2ccc(F)cc2)nc2ccccc21. The molecule has 0 saturated heterocycles. The van der Waals surface area contributed by atoms with E-state index in [4.69, 9.17) is 9.72 Å². The summed E-state index contributed by atoms with van der Waals surface area (Å²) in [5.41, 5.74) is 3.86. The Labute approximate surface area is 212 Å². The molecule has 0 aliphatic rings. The number of hydrogen-bond acceptors (Lipinski definition) is 3. The highest BCUT2D eigenvalue weighted by Crippen LogP contribution is 2.20. The van der Waals surface area contributed by atoms with Gasteiger partial charge in [0.1, 0.15) is 17.4 Å². The quantitative estimate of drug-likeness (QED) is 0.219. The normalized spacial score (nSPS) is 11.1. The number of para-hydroxylation sites is 3.